The Morgan fingerprint density at radius 2 is 1.47 bits per heavy atom. The molecule has 98 valence electrons. The van der Waals surface area contributed by atoms with Gasteiger partial charge in [0.2, 0.25) is 0 Å². The summed E-state index contributed by atoms with van der Waals surface area (Å²) in [6.07, 6.45) is 5.64. The highest BCUT2D eigenvalue weighted by atomic mass is 19.1. The molecule has 0 spiro atoms. The van der Waals surface area contributed by atoms with E-state index in [-0.39, 0.29) is 0 Å². The van der Waals surface area contributed by atoms with Gasteiger partial charge in [-0.2, -0.15) is 0 Å². The molecule has 2 aromatic rings. The summed E-state index contributed by atoms with van der Waals surface area (Å²) < 4.78 is 12.1. The molecule has 2 aromatic carbocycles. The van der Waals surface area contributed by atoms with Crippen LogP contribution in [0.2, 0.25) is 0 Å². The molecule has 0 aliphatic carbocycles. The van der Waals surface area contributed by atoms with E-state index in [9.17, 15) is 4.39 Å². The van der Waals surface area contributed by atoms with Gasteiger partial charge in [-0.25, -0.2) is 4.39 Å². The molecule has 0 bridgehead atoms. The molecule has 2 rings (SSSR count). The lowest BCUT2D eigenvalue weighted by atomic mass is 10.0. The van der Waals surface area contributed by atoms with Crippen molar-refractivity contribution in [1.29, 1.82) is 0 Å². The molecule has 0 amide bonds. The second-order valence-electron chi connectivity index (χ2n) is 4.72. The van der Waals surface area contributed by atoms with Crippen molar-refractivity contribution >= 4 is 6.08 Å². The fraction of sp³-hybridized carbons (Fsp3) is 0.222. The molecule has 0 saturated carbocycles. The monoisotopic (exact) mass is 254 g/mol. The largest absolute Gasteiger partial charge is 0.216 e. The van der Waals surface area contributed by atoms with E-state index >= 15 is 0 Å². The van der Waals surface area contributed by atoms with Crippen LogP contribution in [-0.2, 0) is 6.42 Å². The highest BCUT2D eigenvalue weighted by Crippen LogP contribution is 2.21. The van der Waals surface area contributed by atoms with E-state index in [1.165, 1.54) is 30.0 Å². The number of aryl methyl sites for hydroxylation is 1. The average Bonchev–Trinajstić information content (AvgIpc) is 2.47. The molecule has 0 radical (unpaired) electrons. The molecule has 19 heavy (non-hydrogen) atoms. The van der Waals surface area contributed by atoms with Crippen LogP contribution >= 0.6 is 0 Å². The number of rotatable bonds is 5. The van der Waals surface area contributed by atoms with Crippen LogP contribution < -0.4 is 0 Å². The quantitative estimate of drug-likeness (QED) is 0.648. The second kappa shape index (κ2) is 6.89. The van der Waals surface area contributed by atoms with Crippen molar-refractivity contribution in [2.24, 2.45) is 0 Å². The van der Waals surface area contributed by atoms with Crippen LogP contribution in [0.1, 0.15) is 30.9 Å². The topological polar surface area (TPSA) is 0 Å². The van der Waals surface area contributed by atoms with Crippen LogP contribution in [0.25, 0.3) is 17.2 Å². The zero-order valence-electron chi connectivity index (χ0n) is 11.3. The predicted molar refractivity (Wildman–Crippen MR) is 80.6 cm³/mol. The Bertz CT molecular complexity index is 521. The van der Waals surface area contributed by atoms with Gasteiger partial charge in [0.15, 0.2) is 0 Å². The van der Waals surface area contributed by atoms with Crippen LogP contribution in [0, 0.1) is 0 Å². The summed E-state index contributed by atoms with van der Waals surface area (Å²) in [7, 11) is 0. The zero-order chi connectivity index (χ0) is 13.5. The van der Waals surface area contributed by atoms with Gasteiger partial charge in [-0.1, -0.05) is 61.9 Å². The molecule has 0 N–H and O–H groups in total. The lowest BCUT2D eigenvalue weighted by Crippen LogP contribution is -1.85. The first kappa shape index (κ1) is 13.5. The van der Waals surface area contributed by atoms with Gasteiger partial charge in [0.05, 0.1) is 6.33 Å². The van der Waals surface area contributed by atoms with Gasteiger partial charge in [0, 0.05) is 0 Å². The van der Waals surface area contributed by atoms with E-state index in [4.69, 9.17) is 0 Å². The first-order valence-electron chi connectivity index (χ1n) is 6.79. The Labute approximate surface area is 114 Å². The van der Waals surface area contributed by atoms with Crippen molar-refractivity contribution in [3.05, 3.63) is 66.0 Å². The summed E-state index contributed by atoms with van der Waals surface area (Å²) in [5.41, 5.74) is 4.64. The fourth-order valence-corrected chi connectivity index (χ4v) is 2.10. The summed E-state index contributed by atoms with van der Waals surface area (Å²) in [6.45, 7) is 2.21. The minimum Gasteiger partial charge on any atom is -0.216 e. The molecule has 0 saturated heterocycles. The molecule has 0 atom stereocenters. The van der Waals surface area contributed by atoms with Gasteiger partial charge >= 0.3 is 0 Å². The van der Waals surface area contributed by atoms with E-state index < -0.39 is 0 Å². The predicted octanol–water partition coefficient (Wildman–Crippen LogP) is 5.64. The molecule has 0 nitrogen and oxygen atoms in total. The first-order valence-corrected chi connectivity index (χ1v) is 6.79. The molecule has 0 aliphatic rings. The van der Waals surface area contributed by atoms with Crippen LogP contribution in [0.5, 0.6) is 0 Å². The summed E-state index contributed by atoms with van der Waals surface area (Å²) in [6, 6.07) is 16.6. The molecular formula is C18H19F. The summed E-state index contributed by atoms with van der Waals surface area (Å²) in [5, 5.41) is 0. The van der Waals surface area contributed by atoms with E-state index in [1.54, 1.807) is 0 Å². The van der Waals surface area contributed by atoms with Gasteiger partial charge < -0.3 is 0 Å². The summed E-state index contributed by atoms with van der Waals surface area (Å²) >= 11 is 0. The smallest absolute Gasteiger partial charge is 0.0872 e. The molecule has 1 heteroatoms. The lowest BCUT2D eigenvalue weighted by Gasteiger charge is -2.05. The number of hydrogen-bond donors (Lipinski definition) is 0. The normalized spacial score (nSPS) is 11.1. The van der Waals surface area contributed by atoms with Crippen LogP contribution in [-0.4, -0.2) is 0 Å². The third-order valence-electron chi connectivity index (χ3n) is 3.27. The Balaban J connectivity index is 2.12. The van der Waals surface area contributed by atoms with E-state index in [2.05, 4.69) is 31.2 Å². The van der Waals surface area contributed by atoms with Crippen molar-refractivity contribution in [2.75, 3.05) is 0 Å². The first-order chi connectivity index (χ1) is 9.33. The third kappa shape index (κ3) is 3.78. The van der Waals surface area contributed by atoms with Gasteiger partial charge in [-0.05, 0) is 41.2 Å². The van der Waals surface area contributed by atoms with Gasteiger partial charge in [-0.3, -0.25) is 0 Å². The third-order valence-corrected chi connectivity index (χ3v) is 3.27. The maximum Gasteiger partial charge on any atom is 0.0872 e. The minimum absolute atomic E-state index is 0.567. The van der Waals surface area contributed by atoms with Crippen molar-refractivity contribution in [3.8, 4) is 11.1 Å². The molecule has 0 aromatic heterocycles. The molecule has 0 fully saturated rings. The van der Waals surface area contributed by atoms with E-state index in [1.807, 2.05) is 24.3 Å². The highest BCUT2D eigenvalue weighted by Gasteiger charge is 1.98. The lowest BCUT2D eigenvalue weighted by molar-refractivity contribution is 0.727. The summed E-state index contributed by atoms with van der Waals surface area (Å²) in [4.78, 5) is 0. The zero-order valence-corrected chi connectivity index (χ0v) is 11.3. The highest BCUT2D eigenvalue weighted by molar-refractivity contribution is 5.65. The fourth-order valence-electron chi connectivity index (χ4n) is 2.10. The van der Waals surface area contributed by atoms with E-state index in [0.29, 0.717) is 6.33 Å². The van der Waals surface area contributed by atoms with Crippen molar-refractivity contribution in [3.63, 3.8) is 0 Å². The van der Waals surface area contributed by atoms with Crippen LogP contribution in [0.3, 0.4) is 0 Å². The number of unbranched alkanes of at least 4 members (excludes halogenated alkanes) is 1. The van der Waals surface area contributed by atoms with Crippen molar-refractivity contribution in [1.82, 2.24) is 0 Å². The molecule has 0 aliphatic heterocycles. The van der Waals surface area contributed by atoms with Crippen molar-refractivity contribution in [2.45, 2.75) is 26.2 Å². The average molecular weight is 254 g/mol. The van der Waals surface area contributed by atoms with Gasteiger partial charge in [-0.15, -0.1) is 0 Å². The minimum atomic E-state index is 0.567. The standard InChI is InChI=1S/C18H19F/c1-2-3-4-15-5-9-17(10-6-15)18-11-7-16(8-12-18)13-14-19/h5-14H,2-4H2,1H3. The number of benzene rings is 2. The molecule has 0 heterocycles. The molecule has 0 unspecified atom stereocenters. The Hall–Kier alpha value is -1.89. The summed E-state index contributed by atoms with van der Waals surface area (Å²) in [5.74, 6) is 0. The number of halogens is 1. The molecular weight excluding hydrogens is 235 g/mol. The van der Waals surface area contributed by atoms with Crippen molar-refractivity contribution < 1.29 is 4.39 Å². The Morgan fingerprint density at radius 3 is 2.00 bits per heavy atom. The Morgan fingerprint density at radius 1 is 0.895 bits per heavy atom. The number of hydrogen-bond acceptors (Lipinski definition) is 0. The maximum atomic E-state index is 12.1. The SMILES string of the molecule is CCCCc1ccc(-c2ccc(C=CF)cc2)cc1. The maximum absolute atomic E-state index is 12.1. The van der Waals surface area contributed by atoms with Crippen LogP contribution in [0.4, 0.5) is 4.39 Å². The van der Waals surface area contributed by atoms with Gasteiger partial charge in [0.1, 0.15) is 0 Å². The second-order valence-corrected chi connectivity index (χ2v) is 4.72. The Kier molecular flexibility index (Phi) is 4.91. The van der Waals surface area contributed by atoms with E-state index in [0.717, 1.165) is 17.5 Å². The van der Waals surface area contributed by atoms with Gasteiger partial charge in [0.25, 0.3) is 0 Å². The van der Waals surface area contributed by atoms with Crippen LogP contribution in [0.15, 0.2) is 54.9 Å².